The maximum atomic E-state index is 5.60. The number of benzene rings is 1. The number of halogens is 1. The van der Waals surface area contributed by atoms with Crippen LogP contribution >= 0.6 is 15.9 Å². The van der Waals surface area contributed by atoms with Gasteiger partial charge in [0, 0.05) is 17.6 Å². The molecule has 0 spiro atoms. The van der Waals surface area contributed by atoms with Crippen LogP contribution in [0.15, 0.2) is 22.7 Å². The second-order valence-electron chi connectivity index (χ2n) is 6.01. The van der Waals surface area contributed by atoms with Gasteiger partial charge in [0.15, 0.2) is 0 Å². The van der Waals surface area contributed by atoms with Crippen LogP contribution in [0.1, 0.15) is 32.3 Å². The smallest absolute Gasteiger partial charge is 0.0511 e. The fraction of sp³-hybridized carbons (Fsp3) is 0.600. The molecule has 0 aromatic heterocycles. The first-order valence-corrected chi connectivity index (χ1v) is 7.54. The van der Waals surface area contributed by atoms with Crippen molar-refractivity contribution in [2.75, 3.05) is 24.5 Å². The summed E-state index contributed by atoms with van der Waals surface area (Å²) in [5, 5.41) is 0. The molecule has 1 aliphatic heterocycles. The first kappa shape index (κ1) is 13.9. The molecule has 3 heteroatoms. The highest BCUT2D eigenvalue weighted by Gasteiger charge is 2.27. The van der Waals surface area contributed by atoms with E-state index in [2.05, 4.69) is 52.9 Å². The van der Waals surface area contributed by atoms with Crippen LogP contribution in [0, 0.1) is 5.41 Å². The third kappa shape index (κ3) is 3.27. The van der Waals surface area contributed by atoms with Crippen LogP contribution in [-0.4, -0.2) is 19.6 Å². The minimum absolute atomic E-state index is 0.424. The number of nitrogens with two attached hydrogens (primary N) is 1. The molecule has 1 saturated heterocycles. The minimum atomic E-state index is 0.424. The predicted octanol–water partition coefficient (Wildman–Crippen LogP) is 3.58. The van der Waals surface area contributed by atoms with Gasteiger partial charge in [0.25, 0.3) is 0 Å². The Morgan fingerprint density at radius 2 is 2.17 bits per heavy atom. The summed E-state index contributed by atoms with van der Waals surface area (Å²) >= 11 is 3.71. The SMILES string of the molecule is CC1(C)CCCN(c2ccc(CCN)cc2Br)C1. The standard InChI is InChI=1S/C15H23BrN2/c1-15(2)7-3-9-18(11-15)14-5-4-12(6-8-17)10-13(14)16/h4-5,10H,3,6-9,11,17H2,1-2H3. The lowest BCUT2D eigenvalue weighted by atomic mass is 9.84. The summed E-state index contributed by atoms with van der Waals surface area (Å²) < 4.78 is 1.20. The van der Waals surface area contributed by atoms with E-state index in [1.54, 1.807) is 0 Å². The van der Waals surface area contributed by atoms with Gasteiger partial charge >= 0.3 is 0 Å². The summed E-state index contributed by atoms with van der Waals surface area (Å²) in [5.41, 5.74) is 8.66. The van der Waals surface area contributed by atoms with E-state index < -0.39 is 0 Å². The number of hydrogen-bond donors (Lipinski definition) is 1. The Bertz CT molecular complexity index is 415. The molecule has 1 heterocycles. The van der Waals surface area contributed by atoms with Crippen LogP contribution in [0.5, 0.6) is 0 Å². The van der Waals surface area contributed by atoms with Crippen molar-refractivity contribution in [1.82, 2.24) is 0 Å². The number of piperidine rings is 1. The Hall–Kier alpha value is -0.540. The van der Waals surface area contributed by atoms with Gasteiger partial charge in [-0.15, -0.1) is 0 Å². The molecule has 1 aromatic carbocycles. The lowest BCUT2D eigenvalue weighted by Gasteiger charge is -2.40. The number of hydrogen-bond acceptors (Lipinski definition) is 2. The van der Waals surface area contributed by atoms with Crippen LogP contribution in [0.2, 0.25) is 0 Å². The molecule has 0 atom stereocenters. The Labute approximate surface area is 119 Å². The molecule has 2 nitrogen and oxygen atoms in total. The molecule has 2 rings (SSSR count). The number of rotatable bonds is 3. The molecule has 1 aromatic rings. The predicted molar refractivity (Wildman–Crippen MR) is 82.1 cm³/mol. The van der Waals surface area contributed by atoms with E-state index in [-0.39, 0.29) is 0 Å². The van der Waals surface area contributed by atoms with Crippen molar-refractivity contribution < 1.29 is 0 Å². The summed E-state index contributed by atoms with van der Waals surface area (Å²) in [7, 11) is 0. The second-order valence-corrected chi connectivity index (χ2v) is 6.87. The molecular weight excluding hydrogens is 288 g/mol. The maximum absolute atomic E-state index is 5.60. The lowest BCUT2D eigenvalue weighted by molar-refractivity contribution is 0.293. The summed E-state index contributed by atoms with van der Waals surface area (Å²) in [4.78, 5) is 2.50. The summed E-state index contributed by atoms with van der Waals surface area (Å²) in [6.45, 7) is 7.73. The summed E-state index contributed by atoms with van der Waals surface area (Å²) in [6.07, 6.45) is 3.56. The number of nitrogens with zero attached hydrogens (tertiary/aromatic N) is 1. The van der Waals surface area contributed by atoms with Crippen LogP contribution in [-0.2, 0) is 6.42 Å². The Kier molecular flexibility index (Phi) is 4.33. The molecular formula is C15H23BrN2. The molecule has 18 heavy (non-hydrogen) atoms. The highest BCUT2D eigenvalue weighted by atomic mass is 79.9. The van der Waals surface area contributed by atoms with Gasteiger partial charge in [-0.1, -0.05) is 19.9 Å². The van der Waals surface area contributed by atoms with E-state index in [0.717, 1.165) is 19.5 Å². The fourth-order valence-electron chi connectivity index (χ4n) is 2.76. The molecule has 100 valence electrons. The van der Waals surface area contributed by atoms with Gasteiger partial charge in [-0.05, 0) is 64.8 Å². The molecule has 1 aliphatic rings. The Morgan fingerprint density at radius 3 is 2.78 bits per heavy atom. The van der Waals surface area contributed by atoms with Gasteiger partial charge in [0.2, 0.25) is 0 Å². The van der Waals surface area contributed by atoms with Gasteiger partial charge in [-0.2, -0.15) is 0 Å². The highest BCUT2D eigenvalue weighted by molar-refractivity contribution is 9.10. The molecule has 1 fully saturated rings. The van der Waals surface area contributed by atoms with E-state index in [1.807, 2.05) is 0 Å². The topological polar surface area (TPSA) is 29.3 Å². The zero-order chi connectivity index (χ0) is 13.2. The van der Waals surface area contributed by atoms with Gasteiger partial charge in [-0.3, -0.25) is 0 Å². The highest BCUT2D eigenvalue weighted by Crippen LogP contribution is 2.35. The van der Waals surface area contributed by atoms with E-state index in [1.165, 1.54) is 28.6 Å². The lowest BCUT2D eigenvalue weighted by Crippen LogP contribution is -2.40. The molecule has 0 amide bonds. The minimum Gasteiger partial charge on any atom is -0.370 e. The Morgan fingerprint density at radius 1 is 1.39 bits per heavy atom. The van der Waals surface area contributed by atoms with Crippen LogP contribution in [0.4, 0.5) is 5.69 Å². The third-order valence-corrected chi connectivity index (χ3v) is 4.32. The van der Waals surface area contributed by atoms with Gasteiger partial charge in [-0.25, -0.2) is 0 Å². The molecule has 2 N–H and O–H groups in total. The molecule has 0 unspecified atom stereocenters. The largest absolute Gasteiger partial charge is 0.370 e. The van der Waals surface area contributed by atoms with E-state index >= 15 is 0 Å². The average Bonchev–Trinajstić information content (AvgIpc) is 2.28. The summed E-state index contributed by atoms with van der Waals surface area (Å²) in [6, 6.07) is 6.65. The third-order valence-electron chi connectivity index (χ3n) is 3.69. The summed E-state index contributed by atoms with van der Waals surface area (Å²) in [5.74, 6) is 0. The average molecular weight is 311 g/mol. The van der Waals surface area contributed by atoms with Crippen LogP contribution in [0.25, 0.3) is 0 Å². The maximum Gasteiger partial charge on any atom is 0.0511 e. The zero-order valence-corrected chi connectivity index (χ0v) is 13.0. The van der Waals surface area contributed by atoms with Crippen molar-refractivity contribution in [2.24, 2.45) is 11.1 Å². The van der Waals surface area contributed by atoms with E-state index in [4.69, 9.17) is 5.73 Å². The molecule has 0 radical (unpaired) electrons. The van der Waals surface area contributed by atoms with Gasteiger partial charge in [0.05, 0.1) is 5.69 Å². The van der Waals surface area contributed by atoms with Crippen molar-refractivity contribution >= 4 is 21.6 Å². The van der Waals surface area contributed by atoms with Gasteiger partial charge in [0.1, 0.15) is 0 Å². The van der Waals surface area contributed by atoms with Crippen LogP contribution in [0.3, 0.4) is 0 Å². The van der Waals surface area contributed by atoms with E-state index in [0.29, 0.717) is 12.0 Å². The quantitative estimate of drug-likeness (QED) is 0.924. The van der Waals surface area contributed by atoms with Crippen molar-refractivity contribution in [3.05, 3.63) is 28.2 Å². The molecule has 0 bridgehead atoms. The van der Waals surface area contributed by atoms with Crippen molar-refractivity contribution in [3.63, 3.8) is 0 Å². The van der Waals surface area contributed by atoms with Crippen molar-refractivity contribution in [2.45, 2.75) is 33.1 Å². The molecule has 0 saturated carbocycles. The Balaban J connectivity index is 2.18. The van der Waals surface area contributed by atoms with E-state index in [9.17, 15) is 0 Å². The first-order valence-electron chi connectivity index (χ1n) is 6.75. The zero-order valence-electron chi connectivity index (χ0n) is 11.4. The monoisotopic (exact) mass is 310 g/mol. The fourth-order valence-corrected chi connectivity index (χ4v) is 3.43. The van der Waals surface area contributed by atoms with Gasteiger partial charge < -0.3 is 10.6 Å². The second kappa shape index (κ2) is 5.62. The first-order chi connectivity index (χ1) is 8.52. The van der Waals surface area contributed by atoms with Crippen molar-refractivity contribution in [1.29, 1.82) is 0 Å². The normalized spacial score (nSPS) is 19.0. The van der Waals surface area contributed by atoms with Crippen molar-refractivity contribution in [3.8, 4) is 0 Å². The molecule has 0 aliphatic carbocycles. The number of anilines is 1. The van der Waals surface area contributed by atoms with Crippen LogP contribution < -0.4 is 10.6 Å².